The van der Waals surface area contributed by atoms with Crippen molar-refractivity contribution in [3.8, 4) is 11.5 Å². The molecule has 2 bridgehead atoms. The molecule has 5 fully saturated rings. The Kier molecular flexibility index (Phi) is 11.4. The van der Waals surface area contributed by atoms with Gasteiger partial charge in [-0.2, -0.15) is 0 Å². The Morgan fingerprint density at radius 2 is 1.53 bits per heavy atom. The molecule has 0 unspecified atom stereocenters. The van der Waals surface area contributed by atoms with Crippen LogP contribution in [0.1, 0.15) is 119 Å². The first-order chi connectivity index (χ1) is 25.1. The fraction of sp³-hybridized carbons (Fsp3) is 0.750. The van der Waals surface area contributed by atoms with Gasteiger partial charge in [-0.3, -0.25) is 4.90 Å². The Bertz CT molecular complexity index is 1660. The molecule has 2 N–H and O–H groups in total. The van der Waals surface area contributed by atoms with E-state index >= 15 is 0 Å². The van der Waals surface area contributed by atoms with E-state index < -0.39 is 59.8 Å². The van der Waals surface area contributed by atoms with Gasteiger partial charge in [-0.25, -0.2) is 19.2 Å². The zero-order chi connectivity index (χ0) is 41.1. The van der Waals surface area contributed by atoms with E-state index in [2.05, 4.69) is 26.1 Å². The average Bonchev–Trinajstić information content (AvgIpc) is 3.32. The number of carbonyl (C=O) groups excluding carboxylic acids is 3. The van der Waals surface area contributed by atoms with Crippen LogP contribution < -0.4 is 14.8 Å². The fourth-order valence-corrected chi connectivity index (χ4v) is 8.29. The third-order valence-corrected chi connectivity index (χ3v) is 11.0. The molecular formula is C40H61BN2O12. The molecule has 0 radical (unpaired) electrons. The van der Waals surface area contributed by atoms with Crippen LogP contribution in [0.5, 0.6) is 11.5 Å². The summed E-state index contributed by atoms with van der Waals surface area (Å²) >= 11 is 0. The van der Waals surface area contributed by atoms with Crippen molar-refractivity contribution in [2.24, 2.45) is 17.3 Å². The predicted octanol–water partition coefficient (Wildman–Crippen LogP) is 6.66. The minimum Gasteiger partial charge on any atom is -0.487 e. The van der Waals surface area contributed by atoms with Crippen LogP contribution in [0.15, 0.2) is 12.1 Å². The van der Waals surface area contributed by atoms with Crippen LogP contribution in [0.25, 0.3) is 0 Å². The molecule has 3 saturated carbocycles. The lowest BCUT2D eigenvalue weighted by molar-refractivity contribution is -0.199. The van der Waals surface area contributed by atoms with Gasteiger partial charge in [0.2, 0.25) is 0 Å². The van der Waals surface area contributed by atoms with Gasteiger partial charge >= 0.3 is 31.3 Å². The van der Waals surface area contributed by atoms with Gasteiger partial charge in [0, 0.05) is 19.6 Å². The standard InChI is InChI=1S/C40H61BN2O12/c1-35(2,3)51-31(44)29-26(49-25-20-43(21-25)22-39(12,32(45)46)42-33(47)52-36(4,5)6)15-14-23(30(29)50-34(48)53-37(7,8)9)16-17-41-54-28-19-24-18-27(38(24,10)11)40(28,13)55-41/h14-15,24-25,27-28H,16-22H2,1-13H3,(H,42,47)(H,45,46)/t24-,27-,28+,39+,40-/m0/s1. The molecule has 0 aromatic heterocycles. The number of benzene rings is 1. The Morgan fingerprint density at radius 1 is 0.909 bits per heavy atom. The zero-order valence-electron chi connectivity index (χ0n) is 34.9. The highest BCUT2D eigenvalue weighted by Crippen LogP contribution is 2.65. The maximum absolute atomic E-state index is 14.0. The van der Waals surface area contributed by atoms with Gasteiger partial charge in [0.25, 0.3) is 0 Å². The maximum Gasteiger partial charge on any atom is 0.514 e. The highest BCUT2D eigenvalue weighted by molar-refractivity contribution is 6.45. The summed E-state index contributed by atoms with van der Waals surface area (Å²) in [5.41, 5.74) is -3.95. The molecule has 5 aliphatic rings. The summed E-state index contributed by atoms with van der Waals surface area (Å²) in [6.07, 6.45) is 0.561. The number of amides is 1. The topological polar surface area (TPSA) is 168 Å². The predicted molar refractivity (Wildman–Crippen MR) is 203 cm³/mol. The van der Waals surface area contributed by atoms with Crippen LogP contribution in [-0.2, 0) is 34.7 Å². The summed E-state index contributed by atoms with van der Waals surface area (Å²) in [4.78, 5) is 53.8. The van der Waals surface area contributed by atoms with Gasteiger partial charge in [-0.1, -0.05) is 19.9 Å². The number of aryl methyl sites for hydroxylation is 1. The summed E-state index contributed by atoms with van der Waals surface area (Å²) in [6, 6.07) is 3.40. The lowest BCUT2D eigenvalue weighted by Gasteiger charge is -2.64. The van der Waals surface area contributed by atoms with Crippen LogP contribution in [0.3, 0.4) is 0 Å². The number of likely N-dealkylation sites (tertiary alicyclic amines) is 1. The highest BCUT2D eigenvalue weighted by atomic mass is 16.7. The number of nitrogens with one attached hydrogen (secondary N) is 1. The number of carbonyl (C=O) groups is 4. The minimum atomic E-state index is -1.65. The lowest BCUT2D eigenvalue weighted by atomic mass is 9.43. The first kappa shape index (κ1) is 42.6. The summed E-state index contributed by atoms with van der Waals surface area (Å²) in [6.45, 7) is 24.1. The van der Waals surface area contributed by atoms with E-state index in [1.54, 1.807) is 79.3 Å². The molecule has 55 heavy (non-hydrogen) atoms. The summed E-state index contributed by atoms with van der Waals surface area (Å²) in [7, 11) is -0.484. The molecule has 3 aliphatic carbocycles. The van der Waals surface area contributed by atoms with Gasteiger partial charge in [0.15, 0.2) is 11.3 Å². The Hall–Kier alpha value is -3.56. The van der Waals surface area contributed by atoms with Crippen molar-refractivity contribution < 1.29 is 57.3 Å². The first-order valence-corrected chi connectivity index (χ1v) is 19.4. The molecule has 1 aromatic carbocycles. The van der Waals surface area contributed by atoms with E-state index in [4.69, 9.17) is 33.0 Å². The molecule has 14 nitrogen and oxygen atoms in total. The van der Waals surface area contributed by atoms with Gasteiger partial charge in [-0.15, -0.1) is 0 Å². The Morgan fingerprint density at radius 3 is 2.09 bits per heavy atom. The normalized spacial score (nSPS) is 26.1. The maximum atomic E-state index is 14.0. The van der Waals surface area contributed by atoms with E-state index in [1.807, 2.05) is 0 Å². The first-order valence-electron chi connectivity index (χ1n) is 19.4. The summed E-state index contributed by atoms with van der Waals surface area (Å²) < 4.78 is 42.0. The van der Waals surface area contributed by atoms with Crippen molar-refractivity contribution in [2.75, 3.05) is 19.6 Å². The van der Waals surface area contributed by atoms with Crippen molar-refractivity contribution in [3.05, 3.63) is 23.3 Å². The number of hydrogen-bond donors (Lipinski definition) is 2. The number of carboxylic acids is 1. The third kappa shape index (κ3) is 9.71. The fourth-order valence-electron chi connectivity index (χ4n) is 8.29. The quantitative estimate of drug-likeness (QED) is 0.106. The zero-order valence-corrected chi connectivity index (χ0v) is 34.9. The van der Waals surface area contributed by atoms with E-state index in [0.717, 1.165) is 12.8 Å². The van der Waals surface area contributed by atoms with Crippen LogP contribution >= 0.6 is 0 Å². The van der Waals surface area contributed by atoms with E-state index in [1.165, 1.54) is 6.92 Å². The molecule has 2 aliphatic heterocycles. The SMILES string of the molecule is CC(C)(C)OC(=O)N[C@](C)(CN1CC(Oc2ccc(CCB3O[C@@H]4C[C@@H]5C[C@@H](C5(C)C)[C@]4(C)O3)c(OC(=O)OC(C)(C)C)c2C(=O)OC(C)(C)C)C1)C(=O)O. The van der Waals surface area contributed by atoms with Crippen molar-refractivity contribution >= 4 is 31.3 Å². The van der Waals surface area contributed by atoms with Gasteiger partial charge in [0.1, 0.15) is 34.2 Å². The molecule has 0 spiro atoms. The lowest BCUT2D eigenvalue weighted by Crippen LogP contribution is -2.65. The number of carboxylic acid groups (broad SMARTS) is 1. The molecule has 1 amide bonds. The van der Waals surface area contributed by atoms with Crippen LogP contribution in [-0.4, -0.2) is 101 Å². The van der Waals surface area contributed by atoms with Gasteiger partial charge in [-0.05, 0) is 131 Å². The molecule has 6 rings (SSSR count). The smallest absolute Gasteiger partial charge is 0.487 e. The highest BCUT2D eigenvalue weighted by Gasteiger charge is 2.67. The molecule has 15 heteroatoms. The molecule has 2 heterocycles. The monoisotopic (exact) mass is 772 g/mol. The second kappa shape index (κ2) is 14.7. The van der Waals surface area contributed by atoms with Gasteiger partial charge < -0.3 is 43.4 Å². The minimum absolute atomic E-state index is 0.00311. The van der Waals surface area contributed by atoms with Crippen LogP contribution in [0.2, 0.25) is 6.32 Å². The molecule has 5 atom stereocenters. The number of esters is 1. The molecular weight excluding hydrogens is 711 g/mol. The van der Waals surface area contributed by atoms with Crippen molar-refractivity contribution in [3.63, 3.8) is 0 Å². The van der Waals surface area contributed by atoms with E-state index in [0.29, 0.717) is 30.1 Å². The third-order valence-electron chi connectivity index (χ3n) is 11.0. The van der Waals surface area contributed by atoms with Crippen LogP contribution in [0.4, 0.5) is 9.59 Å². The Labute approximate surface area is 325 Å². The Balaban J connectivity index is 1.37. The summed E-state index contributed by atoms with van der Waals surface area (Å²) in [5, 5.41) is 12.5. The molecule has 2 saturated heterocycles. The largest absolute Gasteiger partial charge is 0.514 e. The van der Waals surface area contributed by atoms with Crippen LogP contribution in [0, 0.1) is 17.3 Å². The number of alkyl carbamates (subject to hydrolysis) is 1. The van der Waals surface area contributed by atoms with E-state index in [9.17, 15) is 24.3 Å². The number of hydrogen-bond acceptors (Lipinski definition) is 12. The average molecular weight is 773 g/mol. The number of ether oxygens (including phenoxy) is 5. The number of rotatable bonds is 11. The second-order valence-electron chi connectivity index (χ2n) is 19.6. The number of nitrogens with zero attached hydrogens (tertiary/aromatic N) is 1. The second-order valence-corrected chi connectivity index (χ2v) is 19.6. The summed E-state index contributed by atoms with van der Waals surface area (Å²) in [5.74, 6) is -0.889. The molecule has 306 valence electrons. The van der Waals surface area contributed by atoms with Gasteiger partial charge in [0.05, 0.1) is 11.7 Å². The van der Waals surface area contributed by atoms with Crippen molar-refractivity contribution in [1.82, 2.24) is 10.2 Å². The number of aliphatic carboxylic acids is 1. The molecule has 1 aromatic rings. The van der Waals surface area contributed by atoms with Crippen molar-refractivity contribution in [2.45, 2.75) is 156 Å². The van der Waals surface area contributed by atoms with Crippen molar-refractivity contribution in [1.29, 1.82) is 0 Å². The van der Waals surface area contributed by atoms with E-state index in [-0.39, 0.29) is 53.8 Å².